The molecule has 3 aromatic heterocycles. The Morgan fingerprint density at radius 1 is 0.923 bits per heavy atom. The van der Waals surface area contributed by atoms with E-state index in [1.54, 1.807) is 24.5 Å². The Labute approximate surface area is 146 Å². The van der Waals surface area contributed by atoms with Crippen LogP contribution in [0.1, 0.15) is 5.56 Å². The zero-order valence-electron chi connectivity index (χ0n) is 13.4. The van der Waals surface area contributed by atoms with Gasteiger partial charge in [-0.05, 0) is 41.5 Å². The first-order chi connectivity index (χ1) is 12.6. The lowest BCUT2D eigenvalue weighted by molar-refractivity contribution is 0.541. The number of benzene rings is 1. The number of halogens is 2. The summed E-state index contributed by atoms with van der Waals surface area (Å²) in [5.74, 6) is -1.45. The fourth-order valence-corrected chi connectivity index (χ4v) is 2.76. The Hall–Kier alpha value is -3.48. The molecule has 0 aliphatic heterocycles. The van der Waals surface area contributed by atoms with Crippen molar-refractivity contribution in [3.8, 4) is 11.1 Å². The fraction of sp³-hybridized carbons (Fsp3) is 0.0526. The highest BCUT2D eigenvalue weighted by Gasteiger charge is 2.14. The highest BCUT2D eigenvalue weighted by molar-refractivity contribution is 5.75. The molecule has 0 bridgehead atoms. The number of fused-ring (bicyclic) bond motifs is 1. The SMILES string of the molecule is O=c1c2ccncc2ncn1Cc1c(F)cc(-c2ccncc2)cc1F. The van der Waals surface area contributed by atoms with Crippen LogP contribution < -0.4 is 5.56 Å². The van der Waals surface area contributed by atoms with Crippen LogP contribution in [0.3, 0.4) is 0 Å². The van der Waals surface area contributed by atoms with E-state index >= 15 is 0 Å². The minimum absolute atomic E-state index is 0.194. The molecule has 1 aromatic carbocycles. The maximum atomic E-state index is 14.5. The normalized spacial score (nSPS) is 11.0. The second-order valence-corrected chi connectivity index (χ2v) is 5.72. The van der Waals surface area contributed by atoms with Gasteiger partial charge in [0, 0.05) is 24.2 Å². The number of nitrogens with zero attached hydrogens (tertiary/aromatic N) is 4. The zero-order valence-corrected chi connectivity index (χ0v) is 13.4. The van der Waals surface area contributed by atoms with Crippen LogP contribution in [0.2, 0.25) is 0 Å². The van der Waals surface area contributed by atoms with E-state index in [-0.39, 0.29) is 17.7 Å². The van der Waals surface area contributed by atoms with Crippen molar-refractivity contribution in [3.05, 3.63) is 89.0 Å². The number of rotatable bonds is 3. The molecule has 4 rings (SSSR count). The first kappa shape index (κ1) is 16.0. The standard InChI is InChI=1S/C19H12F2N4O/c20-16-7-13(12-1-4-22-5-2-12)8-17(21)15(16)10-25-11-24-18-9-23-6-3-14(18)19(25)26/h1-9,11H,10H2. The van der Waals surface area contributed by atoms with Gasteiger partial charge in [-0.15, -0.1) is 0 Å². The van der Waals surface area contributed by atoms with E-state index in [9.17, 15) is 13.6 Å². The van der Waals surface area contributed by atoms with Crippen molar-refractivity contribution in [1.29, 1.82) is 0 Å². The van der Waals surface area contributed by atoms with Gasteiger partial charge in [-0.2, -0.15) is 0 Å². The molecule has 0 atom stereocenters. The topological polar surface area (TPSA) is 60.7 Å². The molecule has 7 heteroatoms. The van der Waals surface area contributed by atoms with Crippen molar-refractivity contribution < 1.29 is 8.78 Å². The third-order valence-corrected chi connectivity index (χ3v) is 4.11. The monoisotopic (exact) mass is 350 g/mol. The molecule has 4 aromatic rings. The van der Waals surface area contributed by atoms with Crippen LogP contribution in [-0.4, -0.2) is 19.5 Å². The predicted octanol–water partition coefficient (Wildman–Crippen LogP) is 3.18. The summed E-state index contributed by atoms with van der Waals surface area (Å²) in [6, 6.07) is 7.36. The number of aromatic nitrogens is 4. The number of pyridine rings is 2. The van der Waals surface area contributed by atoms with Gasteiger partial charge in [-0.25, -0.2) is 13.8 Å². The lowest BCUT2D eigenvalue weighted by atomic mass is 10.0. The Morgan fingerprint density at radius 3 is 2.35 bits per heavy atom. The van der Waals surface area contributed by atoms with E-state index in [0.29, 0.717) is 22.0 Å². The van der Waals surface area contributed by atoms with E-state index in [4.69, 9.17) is 0 Å². The molecule has 0 aliphatic carbocycles. The van der Waals surface area contributed by atoms with E-state index in [2.05, 4.69) is 15.0 Å². The third kappa shape index (κ3) is 2.83. The average Bonchev–Trinajstić information content (AvgIpc) is 2.67. The molecule has 0 spiro atoms. The molecule has 0 amide bonds. The Bertz CT molecular complexity index is 1140. The van der Waals surface area contributed by atoms with Gasteiger partial charge in [-0.1, -0.05) is 0 Å². The van der Waals surface area contributed by atoms with Crippen molar-refractivity contribution in [2.45, 2.75) is 6.54 Å². The van der Waals surface area contributed by atoms with E-state index in [0.717, 1.165) is 0 Å². The number of hydrogen-bond acceptors (Lipinski definition) is 4. The Balaban J connectivity index is 1.76. The number of hydrogen-bond donors (Lipinski definition) is 0. The second kappa shape index (κ2) is 6.44. The molecule has 0 unspecified atom stereocenters. The van der Waals surface area contributed by atoms with Crippen LogP contribution in [0.15, 0.2) is 66.2 Å². The van der Waals surface area contributed by atoms with Gasteiger partial charge in [0.05, 0.1) is 30.0 Å². The van der Waals surface area contributed by atoms with Crippen LogP contribution >= 0.6 is 0 Å². The molecule has 0 aliphatic rings. The highest BCUT2D eigenvalue weighted by Crippen LogP contribution is 2.24. The summed E-state index contributed by atoms with van der Waals surface area (Å²) in [6.07, 6.45) is 7.30. The van der Waals surface area contributed by atoms with Crippen LogP contribution in [0.25, 0.3) is 22.0 Å². The third-order valence-electron chi connectivity index (χ3n) is 4.11. The van der Waals surface area contributed by atoms with Crippen LogP contribution in [0.4, 0.5) is 8.78 Å². The molecular formula is C19H12F2N4O. The zero-order chi connectivity index (χ0) is 18.1. The first-order valence-electron chi connectivity index (χ1n) is 7.81. The summed E-state index contributed by atoms with van der Waals surface area (Å²) in [5.41, 5.74) is 0.917. The average molecular weight is 350 g/mol. The Morgan fingerprint density at radius 2 is 1.62 bits per heavy atom. The van der Waals surface area contributed by atoms with Crippen molar-refractivity contribution in [2.24, 2.45) is 0 Å². The molecule has 26 heavy (non-hydrogen) atoms. The minimum atomic E-state index is -0.724. The van der Waals surface area contributed by atoms with E-state index in [1.165, 1.54) is 41.5 Å². The molecule has 0 radical (unpaired) electrons. The molecule has 128 valence electrons. The quantitative estimate of drug-likeness (QED) is 0.569. The van der Waals surface area contributed by atoms with Gasteiger partial charge >= 0.3 is 0 Å². The van der Waals surface area contributed by atoms with Gasteiger partial charge in [0.15, 0.2) is 0 Å². The lowest BCUT2D eigenvalue weighted by Gasteiger charge is -2.10. The largest absolute Gasteiger partial charge is 0.294 e. The molecular weight excluding hydrogens is 338 g/mol. The Kier molecular flexibility index (Phi) is 3.96. The second-order valence-electron chi connectivity index (χ2n) is 5.72. The van der Waals surface area contributed by atoms with Crippen molar-refractivity contribution in [3.63, 3.8) is 0 Å². The maximum Gasteiger partial charge on any atom is 0.261 e. The smallest absolute Gasteiger partial charge is 0.261 e. The summed E-state index contributed by atoms with van der Waals surface area (Å²) in [5, 5.41) is 0.344. The van der Waals surface area contributed by atoms with E-state index < -0.39 is 11.6 Å². The maximum absolute atomic E-state index is 14.5. The van der Waals surface area contributed by atoms with Crippen molar-refractivity contribution in [2.75, 3.05) is 0 Å². The highest BCUT2D eigenvalue weighted by atomic mass is 19.1. The minimum Gasteiger partial charge on any atom is -0.294 e. The van der Waals surface area contributed by atoms with Gasteiger partial charge in [0.2, 0.25) is 0 Å². The summed E-state index contributed by atoms with van der Waals surface area (Å²) >= 11 is 0. The van der Waals surface area contributed by atoms with E-state index in [1.807, 2.05) is 0 Å². The molecule has 3 heterocycles. The van der Waals surface area contributed by atoms with Crippen molar-refractivity contribution in [1.82, 2.24) is 19.5 Å². The van der Waals surface area contributed by atoms with Gasteiger partial charge in [0.25, 0.3) is 5.56 Å². The molecule has 0 saturated carbocycles. The molecule has 0 fully saturated rings. The molecule has 0 saturated heterocycles. The predicted molar refractivity (Wildman–Crippen MR) is 92.5 cm³/mol. The van der Waals surface area contributed by atoms with Crippen LogP contribution in [0, 0.1) is 11.6 Å². The summed E-state index contributed by atoms with van der Waals surface area (Å²) in [4.78, 5) is 24.4. The molecule has 5 nitrogen and oxygen atoms in total. The first-order valence-corrected chi connectivity index (χ1v) is 7.81. The van der Waals surface area contributed by atoms with Gasteiger partial charge in [0.1, 0.15) is 11.6 Å². The van der Waals surface area contributed by atoms with Gasteiger partial charge in [-0.3, -0.25) is 19.3 Å². The lowest BCUT2D eigenvalue weighted by Crippen LogP contribution is -2.22. The fourth-order valence-electron chi connectivity index (χ4n) is 2.76. The van der Waals surface area contributed by atoms with Gasteiger partial charge < -0.3 is 0 Å². The summed E-state index contributed by atoms with van der Waals surface area (Å²) in [6.45, 7) is -0.252. The van der Waals surface area contributed by atoms with Crippen LogP contribution in [0.5, 0.6) is 0 Å². The molecule has 0 N–H and O–H groups in total. The van der Waals surface area contributed by atoms with Crippen LogP contribution in [-0.2, 0) is 6.54 Å². The van der Waals surface area contributed by atoms with Crippen molar-refractivity contribution >= 4 is 10.9 Å². The summed E-state index contributed by atoms with van der Waals surface area (Å²) < 4.78 is 30.2. The summed E-state index contributed by atoms with van der Waals surface area (Å²) in [7, 11) is 0.